The number of aliphatic hydroxyl groups is 1. The fraction of sp³-hybridized carbons (Fsp3) is 0.526. The maximum absolute atomic E-state index is 9.59. The molecule has 2 heterocycles. The van der Waals surface area contributed by atoms with Crippen molar-refractivity contribution in [2.24, 2.45) is 10.9 Å². The van der Waals surface area contributed by atoms with E-state index in [1.807, 2.05) is 24.4 Å². The molecule has 1 aliphatic carbocycles. The monoisotopic (exact) mass is 341 g/mol. The summed E-state index contributed by atoms with van der Waals surface area (Å²) in [5, 5.41) is 10.5. The number of para-hydroxylation sites is 1. The van der Waals surface area contributed by atoms with E-state index >= 15 is 0 Å². The van der Waals surface area contributed by atoms with Gasteiger partial charge in [0.05, 0.1) is 19.3 Å². The summed E-state index contributed by atoms with van der Waals surface area (Å²) in [5.41, 5.74) is 0.788. The molecule has 1 saturated heterocycles. The Morgan fingerprint density at radius 2 is 2.08 bits per heavy atom. The van der Waals surface area contributed by atoms with Gasteiger partial charge in [-0.1, -0.05) is 12.1 Å². The van der Waals surface area contributed by atoms with Gasteiger partial charge in [0.25, 0.3) is 0 Å². The summed E-state index contributed by atoms with van der Waals surface area (Å²) >= 11 is 0. The lowest BCUT2D eigenvalue weighted by Crippen LogP contribution is -2.18. The fourth-order valence-corrected chi connectivity index (χ4v) is 3.38. The van der Waals surface area contributed by atoms with E-state index in [4.69, 9.17) is 9.47 Å². The Labute approximate surface area is 146 Å². The van der Waals surface area contributed by atoms with Crippen molar-refractivity contribution >= 4 is 23.1 Å². The summed E-state index contributed by atoms with van der Waals surface area (Å²) in [4.78, 5) is 13.4. The zero-order chi connectivity index (χ0) is 17.1. The zero-order valence-corrected chi connectivity index (χ0v) is 14.2. The van der Waals surface area contributed by atoms with Gasteiger partial charge in [0.15, 0.2) is 0 Å². The van der Waals surface area contributed by atoms with E-state index in [-0.39, 0.29) is 12.2 Å². The Bertz CT molecular complexity index is 751. The van der Waals surface area contributed by atoms with Crippen LogP contribution in [0.4, 0.5) is 5.95 Å². The van der Waals surface area contributed by atoms with Gasteiger partial charge in [0, 0.05) is 24.2 Å². The minimum atomic E-state index is -0.152. The van der Waals surface area contributed by atoms with Crippen LogP contribution in [0.5, 0.6) is 5.75 Å². The van der Waals surface area contributed by atoms with E-state index in [0.717, 1.165) is 55.4 Å². The summed E-state index contributed by atoms with van der Waals surface area (Å²) in [6.07, 6.45) is 8.18. The van der Waals surface area contributed by atoms with Crippen LogP contribution in [0.25, 0.3) is 10.9 Å². The molecule has 1 saturated carbocycles. The molecule has 4 rings (SSSR count). The molecule has 1 aromatic heterocycles. The number of hydrogen-bond donors (Lipinski definition) is 1. The number of ether oxygens (including phenoxy) is 2. The first-order valence-corrected chi connectivity index (χ1v) is 9.00. The number of aromatic nitrogens is 2. The third-order valence-corrected chi connectivity index (χ3v) is 4.88. The standard InChI is InChI=1S/C19H23N3O3/c23-15-6-4-13(5-7-15)10-20-19-21-11-14-2-1-3-17(18(14)22-19)25-16-8-9-24-12-16/h1-3,10-11,13,15-16,23H,4-9,12H2/b20-10+. The summed E-state index contributed by atoms with van der Waals surface area (Å²) in [7, 11) is 0. The molecule has 1 N–H and O–H groups in total. The molecule has 0 bridgehead atoms. The minimum Gasteiger partial charge on any atom is -0.486 e. The van der Waals surface area contributed by atoms with Gasteiger partial charge in [0.2, 0.25) is 5.95 Å². The van der Waals surface area contributed by atoms with E-state index in [9.17, 15) is 5.11 Å². The van der Waals surface area contributed by atoms with Gasteiger partial charge in [-0.05, 0) is 37.7 Å². The second-order valence-corrected chi connectivity index (χ2v) is 6.81. The van der Waals surface area contributed by atoms with Crippen molar-refractivity contribution in [3.05, 3.63) is 24.4 Å². The molecule has 6 heteroatoms. The van der Waals surface area contributed by atoms with Crippen molar-refractivity contribution in [2.45, 2.75) is 44.3 Å². The highest BCUT2D eigenvalue weighted by Crippen LogP contribution is 2.27. The number of aliphatic imine (C=N–C) groups is 1. The molecular formula is C19H23N3O3. The molecule has 2 fully saturated rings. The van der Waals surface area contributed by atoms with E-state index < -0.39 is 0 Å². The normalized spacial score (nSPS) is 27.2. The van der Waals surface area contributed by atoms with Gasteiger partial charge in [-0.25, -0.2) is 15.0 Å². The Morgan fingerprint density at radius 1 is 1.20 bits per heavy atom. The molecule has 1 aromatic carbocycles. The number of aliphatic hydroxyl groups excluding tert-OH is 1. The molecule has 6 nitrogen and oxygen atoms in total. The molecule has 25 heavy (non-hydrogen) atoms. The van der Waals surface area contributed by atoms with Crippen LogP contribution in [-0.2, 0) is 4.74 Å². The summed E-state index contributed by atoms with van der Waals surface area (Å²) in [6, 6.07) is 5.86. The predicted molar refractivity (Wildman–Crippen MR) is 95.5 cm³/mol. The van der Waals surface area contributed by atoms with Crippen molar-refractivity contribution in [2.75, 3.05) is 13.2 Å². The molecule has 1 aliphatic heterocycles. The van der Waals surface area contributed by atoms with Crippen LogP contribution in [0.3, 0.4) is 0 Å². The van der Waals surface area contributed by atoms with Gasteiger partial charge in [-0.3, -0.25) is 0 Å². The zero-order valence-electron chi connectivity index (χ0n) is 14.2. The van der Waals surface area contributed by atoms with Crippen LogP contribution in [0.15, 0.2) is 29.4 Å². The lowest BCUT2D eigenvalue weighted by Gasteiger charge is -2.21. The van der Waals surface area contributed by atoms with Crippen LogP contribution in [0.1, 0.15) is 32.1 Å². The Morgan fingerprint density at radius 3 is 2.88 bits per heavy atom. The van der Waals surface area contributed by atoms with Gasteiger partial charge in [0.1, 0.15) is 17.4 Å². The highest BCUT2D eigenvalue weighted by Gasteiger charge is 2.19. The molecule has 132 valence electrons. The Kier molecular flexibility index (Phi) is 4.90. The van der Waals surface area contributed by atoms with E-state index in [1.54, 1.807) is 6.20 Å². The topological polar surface area (TPSA) is 76.8 Å². The maximum Gasteiger partial charge on any atom is 0.249 e. The SMILES string of the molecule is OC1CCC(/C=N/c2ncc3cccc(OC4CCOC4)c3n2)CC1. The number of benzene rings is 1. The summed E-state index contributed by atoms with van der Waals surface area (Å²) in [6.45, 7) is 1.37. The van der Waals surface area contributed by atoms with E-state index in [0.29, 0.717) is 18.5 Å². The third kappa shape index (κ3) is 3.96. The third-order valence-electron chi connectivity index (χ3n) is 4.88. The second-order valence-electron chi connectivity index (χ2n) is 6.81. The average Bonchev–Trinajstić information content (AvgIpc) is 3.15. The van der Waals surface area contributed by atoms with Crippen molar-refractivity contribution in [3.8, 4) is 5.75 Å². The fourth-order valence-electron chi connectivity index (χ4n) is 3.38. The molecular weight excluding hydrogens is 318 g/mol. The van der Waals surface area contributed by atoms with Crippen LogP contribution in [-0.4, -0.2) is 46.7 Å². The number of nitrogens with zero attached hydrogens (tertiary/aromatic N) is 3. The molecule has 1 atom stereocenters. The largest absolute Gasteiger partial charge is 0.486 e. The van der Waals surface area contributed by atoms with Crippen LogP contribution in [0, 0.1) is 5.92 Å². The molecule has 1 unspecified atom stereocenters. The van der Waals surface area contributed by atoms with Gasteiger partial charge < -0.3 is 14.6 Å². The molecule has 0 radical (unpaired) electrons. The van der Waals surface area contributed by atoms with Crippen molar-refractivity contribution in [1.82, 2.24) is 9.97 Å². The molecule has 0 amide bonds. The maximum atomic E-state index is 9.59. The van der Waals surface area contributed by atoms with Crippen LogP contribution >= 0.6 is 0 Å². The Hall–Kier alpha value is -2.05. The predicted octanol–water partition coefficient (Wildman–Crippen LogP) is 3.05. The van der Waals surface area contributed by atoms with Crippen molar-refractivity contribution in [3.63, 3.8) is 0 Å². The van der Waals surface area contributed by atoms with Crippen LogP contribution in [0.2, 0.25) is 0 Å². The van der Waals surface area contributed by atoms with Crippen LogP contribution < -0.4 is 4.74 Å². The molecule has 2 aromatic rings. The highest BCUT2D eigenvalue weighted by atomic mass is 16.5. The first kappa shape index (κ1) is 16.4. The average molecular weight is 341 g/mol. The number of fused-ring (bicyclic) bond motifs is 1. The molecule has 2 aliphatic rings. The first-order chi connectivity index (χ1) is 12.3. The lowest BCUT2D eigenvalue weighted by molar-refractivity contribution is 0.121. The smallest absolute Gasteiger partial charge is 0.249 e. The highest BCUT2D eigenvalue weighted by molar-refractivity contribution is 5.84. The van der Waals surface area contributed by atoms with E-state index in [2.05, 4.69) is 15.0 Å². The van der Waals surface area contributed by atoms with Crippen molar-refractivity contribution < 1.29 is 14.6 Å². The molecule has 0 spiro atoms. The number of hydrogen-bond acceptors (Lipinski definition) is 6. The quantitative estimate of drug-likeness (QED) is 0.865. The first-order valence-electron chi connectivity index (χ1n) is 9.00. The minimum absolute atomic E-state index is 0.0844. The second kappa shape index (κ2) is 7.45. The summed E-state index contributed by atoms with van der Waals surface area (Å²) < 4.78 is 11.4. The summed E-state index contributed by atoms with van der Waals surface area (Å²) in [5.74, 6) is 1.61. The lowest BCUT2D eigenvalue weighted by atomic mass is 9.88. The Balaban J connectivity index is 1.53. The van der Waals surface area contributed by atoms with E-state index in [1.165, 1.54) is 0 Å². The van der Waals surface area contributed by atoms with Gasteiger partial charge in [-0.2, -0.15) is 0 Å². The number of rotatable bonds is 4. The van der Waals surface area contributed by atoms with Gasteiger partial charge in [-0.15, -0.1) is 0 Å². The van der Waals surface area contributed by atoms with Gasteiger partial charge >= 0.3 is 0 Å². The van der Waals surface area contributed by atoms with Crippen molar-refractivity contribution in [1.29, 1.82) is 0 Å².